The Labute approximate surface area is 114 Å². The van der Waals surface area contributed by atoms with Crippen molar-refractivity contribution in [2.75, 3.05) is 31.7 Å². The molecule has 0 saturated heterocycles. The van der Waals surface area contributed by atoms with Gasteiger partial charge < -0.3 is 15.0 Å². The molecule has 1 rings (SSSR count). The van der Waals surface area contributed by atoms with E-state index < -0.39 is 0 Å². The Hall–Kier alpha value is -0.650. The third kappa shape index (κ3) is 4.55. The van der Waals surface area contributed by atoms with Gasteiger partial charge in [0.05, 0.1) is 6.61 Å². The summed E-state index contributed by atoms with van der Waals surface area (Å²) in [4.78, 5) is 8.17. The van der Waals surface area contributed by atoms with Crippen LogP contribution in [0.15, 0.2) is 6.20 Å². The summed E-state index contributed by atoms with van der Waals surface area (Å²) in [6.07, 6.45) is 3.12. The van der Waals surface area contributed by atoms with Gasteiger partial charge in [0.1, 0.15) is 0 Å². The van der Waals surface area contributed by atoms with Crippen molar-refractivity contribution in [3.05, 3.63) is 11.1 Å². The molecule has 0 aromatic carbocycles. The summed E-state index contributed by atoms with van der Waals surface area (Å²) in [5.41, 5.74) is 0. The molecule has 0 radical (unpaired) electrons. The van der Waals surface area contributed by atoms with Gasteiger partial charge in [-0.25, -0.2) is 4.98 Å². The van der Waals surface area contributed by atoms with Crippen LogP contribution in [0.4, 0.5) is 5.13 Å². The number of methoxy groups -OCH3 is 1. The highest BCUT2D eigenvalue weighted by Crippen LogP contribution is 2.24. The van der Waals surface area contributed by atoms with Crippen molar-refractivity contribution in [1.82, 2.24) is 10.3 Å². The van der Waals surface area contributed by atoms with E-state index in [1.807, 2.05) is 6.20 Å². The molecule has 5 heteroatoms. The molecule has 1 unspecified atom stereocenters. The molecule has 18 heavy (non-hydrogen) atoms. The van der Waals surface area contributed by atoms with Crippen molar-refractivity contribution in [1.29, 1.82) is 0 Å². The molecule has 0 amide bonds. The molecule has 1 atom stereocenters. The van der Waals surface area contributed by atoms with Gasteiger partial charge in [-0.2, -0.15) is 0 Å². The number of anilines is 1. The molecule has 0 aliphatic rings. The Bertz CT molecular complexity index is 330. The Morgan fingerprint density at radius 1 is 1.50 bits per heavy atom. The molecular formula is C13H25N3OS. The summed E-state index contributed by atoms with van der Waals surface area (Å²) in [7, 11) is 1.72. The van der Waals surface area contributed by atoms with Crippen LogP contribution in [-0.4, -0.2) is 37.8 Å². The summed E-state index contributed by atoms with van der Waals surface area (Å²) in [5, 5.41) is 4.48. The predicted octanol–water partition coefficient (Wildman–Crippen LogP) is 2.50. The van der Waals surface area contributed by atoms with Gasteiger partial charge in [0.2, 0.25) is 0 Å². The van der Waals surface area contributed by atoms with E-state index in [0.29, 0.717) is 6.04 Å². The zero-order valence-electron chi connectivity index (χ0n) is 11.9. The molecule has 1 aromatic heterocycles. The monoisotopic (exact) mass is 271 g/mol. The first-order chi connectivity index (χ1) is 8.72. The summed E-state index contributed by atoms with van der Waals surface area (Å²) in [6.45, 7) is 10.2. The zero-order valence-corrected chi connectivity index (χ0v) is 12.7. The van der Waals surface area contributed by atoms with E-state index in [4.69, 9.17) is 4.74 Å². The smallest absolute Gasteiger partial charge is 0.185 e. The van der Waals surface area contributed by atoms with Gasteiger partial charge in [0.15, 0.2) is 5.13 Å². The number of thiazole rings is 1. The molecule has 0 saturated carbocycles. The van der Waals surface area contributed by atoms with E-state index in [9.17, 15) is 0 Å². The van der Waals surface area contributed by atoms with Gasteiger partial charge in [-0.05, 0) is 20.3 Å². The van der Waals surface area contributed by atoms with Crippen molar-refractivity contribution in [3.8, 4) is 0 Å². The van der Waals surface area contributed by atoms with Crippen LogP contribution in [0.5, 0.6) is 0 Å². The number of hydrogen-bond acceptors (Lipinski definition) is 5. The van der Waals surface area contributed by atoms with E-state index in [-0.39, 0.29) is 0 Å². The highest BCUT2D eigenvalue weighted by atomic mass is 32.1. The quantitative estimate of drug-likeness (QED) is 0.700. The van der Waals surface area contributed by atoms with Crippen molar-refractivity contribution >= 4 is 16.5 Å². The number of rotatable bonds is 9. The van der Waals surface area contributed by atoms with Crippen LogP contribution in [0.2, 0.25) is 0 Å². The number of ether oxygens (including phenoxy) is 1. The fraction of sp³-hybridized carbons (Fsp3) is 0.769. The second-order valence-corrected chi connectivity index (χ2v) is 5.42. The number of hydrogen-bond donors (Lipinski definition) is 1. The lowest BCUT2D eigenvalue weighted by atomic mass is 10.2. The SMILES string of the molecule is CCC(C)N(CC)c1ncc(CNCCOC)s1. The average molecular weight is 271 g/mol. The molecule has 4 nitrogen and oxygen atoms in total. The van der Waals surface area contributed by atoms with E-state index in [1.54, 1.807) is 18.4 Å². The normalized spacial score (nSPS) is 12.7. The standard InChI is InChI=1S/C13H25N3OS/c1-5-11(3)16(6-2)13-15-10-12(18-13)9-14-7-8-17-4/h10-11,14H,5-9H2,1-4H3. The molecular weight excluding hydrogens is 246 g/mol. The Morgan fingerprint density at radius 2 is 2.28 bits per heavy atom. The van der Waals surface area contributed by atoms with Gasteiger partial charge >= 0.3 is 0 Å². The summed E-state index contributed by atoms with van der Waals surface area (Å²) < 4.78 is 5.00. The lowest BCUT2D eigenvalue weighted by molar-refractivity contribution is 0.199. The summed E-state index contributed by atoms with van der Waals surface area (Å²) in [6, 6.07) is 0.551. The fourth-order valence-electron chi connectivity index (χ4n) is 1.75. The largest absolute Gasteiger partial charge is 0.383 e. The maximum absolute atomic E-state index is 5.00. The van der Waals surface area contributed by atoms with Gasteiger partial charge in [-0.15, -0.1) is 11.3 Å². The molecule has 1 heterocycles. The van der Waals surface area contributed by atoms with Crippen LogP contribution in [0.3, 0.4) is 0 Å². The Morgan fingerprint density at radius 3 is 2.89 bits per heavy atom. The average Bonchev–Trinajstić information content (AvgIpc) is 2.84. The first-order valence-electron chi connectivity index (χ1n) is 6.63. The lowest BCUT2D eigenvalue weighted by Crippen LogP contribution is -2.32. The third-order valence-corrected chi connectivity index (χ3v) is 4.07. The number of nitrogens with one attached hydrogen (secondary N) is 1. The second-order valence-electron chi connectivity index (χ2n) is 4.32. The van der Waals surface area contributed by atoms with Crippen molar-refractivity contribution in [2.45, 2.75) is 39.8 Å². The van der Waals surface area contributed by atoms with Gasteiger partial charge in [-0.1, -0.05) is 6.92 Å². The van der Waals surface area contributed by atoms with Crippen LogP contribution < -0.4 is 10.2 Å². The van der Waals surface area contributed by atoms with E-state index in [2.05, 4.69) is 36.0 Å². The van der Waals surface area contributed by atoms with Crippen molar-refractivity contribution in [2.24, 2.45) is 0 Å². The minimum absolute atomic E-state index is 0.551. The predicted molar refractivity (Wildman–Crippen MR) is 78.5 cm³/mol. The molecule has 0 bridgehead atoms. The first-order valence-corrected chi connectivity index (χ1v) is 7.45. The van der Waals surface area contributed by atoms with Crippen LogP contribution in [0.1, 0.15) is 32.1 Å². The zero-order chi connectivity index (χ0) is 13.4. The van der Waals surface area contributed by atoms with E-state index >= 15 is 0 Å². The Balaban J connectivity index is 2.50. The summed E-state index contributed by atoms with van der Waals surface area (Å²) >= 11 is 1.78. The summed E-state index contributed by atoms with van der Waals surface area (Å²) in [5.74, 6) is 0. The first kappa shape index (κ1) is 15.4. The van der Waals surface area contributed by atoms with Crippen LogP contribution in [-0.2, 0) is 11.3 Å². The molecule has 104 valence electrons. The van der Waals surface area contributed by atoms with Crippen LogP contribution >= 0.6 is 11.3 Å². The highest BCUT2D eigenvalue weighted by molar-refractivity contribution is 7.15. The van der Waals surface area contributed by atoms with Crippen LogP contribution in [0.25, 0.3) is 0 Å². The van der Waals surface area contributed by atoms with Gasteiger partial charge in [-0.3, -0.25) is 0 Å². The fourth-order valence-corrected chi connectivity index (χ4v) is 2.80. The Kier molecular flexibility index (Phi) is 7.23. The maximum atomic E-state index is 5.00. The number of nitrogens with zero attached hydrogens (tertiary/aromatic N) is 2. The highest BCUT2D eigenvalue weighted by Gasteiger charge is 2.14. The van der Waals surface area contributed by atoms with Gasteiger partial charge in [0.25, 0.3) is 0 Å². The molecule has 0 aliphatic heterocycles. The lowest BCUT2D eigenvalue weighted by Gasteiger charge is -2.26. The topological polar surface area (TPSA) is 37.4 Å². The molecule has 1 aromatic rings. The molecule has 0 spiro atoms. The van der Waals surface area contributed by atoms with E-state index in [0.717, 1.165) is 37.8 Å². The molecule has 1 N–H and O–H groups in total. The van der Waals surface area contributed by atoms with Crippen molar-refractivity contribution < 1.29 is 4.74 Å². The molecule has 0 aliphatic carbocycles. The molecule has 0 fully saturated rings. The van der Waals surface area contributed by atoms with E-state index in [1.165, 1.54) is 4.88 Å². The second kappa shape index (κ2) is 8.45. The number of aromatic nitrogens is 1. The van der Waals surface area contributed by atoms with Gasteiger partial charge in [0, 0.05) is 43.9 Å². The minimum Gasteiger partial charge on any atom is -0.383 e. The van der Waals surface area contributed by atoms with Crippen LogP contribution in [0, 0.1) is 0 Å². The third-order valence-electron chi connectivity index (χ3n) is 3.03. The maximum Gasteiger partial charge on any atom is 0.185 e. The van der Waals surface area contributed by atoms with Crippen molar-refractivity contribution in [3.63, 3.8) is 0 Å². The minimum atomic E-state index is 0.551.